The number of amides is 2. The molecule has 1 heterocycles. The molecule has 1 unspecified atom stereocenters. The molecule has 2 rings (SSSR count). The fraction of sp³-hybridized carbons (Fsp3) is 0.467. The minimum Gasteiger partial charge on any atom is -0.494 e. The minimum atomic E-state index is -0.470. The molecule has 1 aliphatic rings. The van der Waals surface area contributed by atoms with Gasteiger partial charge in [-0.3, -0.25) is 4.79 Å². The molecule has 6 nitrogen and oxygen atoms in total. The van der Waals surface area contributed by atoms with Gasteiger partial charge in [-0.05, 0) is 31.2 Å². The smallest absolute Gasteiger partial charge is 0.406 e. The van der Waals surface area contributed by atoms with Crippen LogP contribution in [0.25, 0.3) is 0 Å². The van der Waals surface area contributed by atoms with Crippen LogP contribution in [0, 0.1) is 5.92 Å². The fourth-order valence-corrected chi connectivity index (χ4v) is 2.36. The maximum absolute atomic E-state index is 12.1. The second-order valence-electron chi connectivity index (χ2n) is 4.87. The fourth-order valence-electron chi connectivity index (χ4n) is 2.36. The van der Waals surface area contributed by atoms with Crippen molar-refractivity contribution in [2.75, 3.05) is 31.7 Å². The van der Waals surface area contributed by atoms with Crippen LogP contribution in [0.3, 0.4) is 0 Å². The van der Waals surface area contributed by atoms with Crippen LogP contribution in [0.5, 0.6) is 5.75 Å². The van der Waals surface area contributed by atoms with Crippen molar-refractivity contribution in [1.29, 1.82) is 0 Å². The van der Waals surface area contributed by atoms with Gasteiger partial charge < -0.3 is 19.7 Å². The predicted molar refractivity (Wildman–Crippen MR) is 78.5 cm³/mol. The number of alkyl carbamates (subject to hydrolysis) is 1. The number of rotatable bonds is 5. The Kier molecular flexibility index (Phi) is 5.03. The zero-order chi connectivity index (χ0) is 15.2. The van der Waals surface area contributed by atoms with Crippen molar-refractivity contribution >= 4 is 17.7 Å². The summed E-state index contributed by atoms with van der Waals surface area (Å²) >= 11 is 0. The van der Waals surface area contributed by atoms with E-state index in [0.717, 1.165) is 11.4 Å². The van der Waals surface area contributed by atoms with Crippen molar-refractivity contribution in [3.05, 3.63) is 24.3 Å². The molecule has 0 saturated carbocycles. The molecule has 0 aromatic heterocycles. The molecule has 1 N–H and O–H groups in total. The van der Waals surface area contributed by atoms with Gasteiger partial charge in [0.25, 0.3) is 0 Å². The van der Waals surface area contributed by atoms with E-state index >= 15 is 0 Å². The van der Waals surface area contributed by atoms with Crippen LogP contribution in [-0.4, -0.2) is 38.8 Å². The molecule has 1 saturated heterocycles. The number of methoxy groups -OCH3 is 1. The molecule has 1 fully saturated rings. The Morgan fingerprint density at radius 2 is 2.10 bits per heavy atom. The van der Waals surface area contributed by atoms with Gasteiger partial charge in [0.15, 0.2) is 0 Å². The van der Waals surface area contributed by atoms with E-state index in [1.54, 1.807) is 4.90 Å². The number of nitrogens with one attached hydrogen (secondary N) is 1. The summed E-state index contributed by atoms with van der Waals surface area (Å²) in [6.07, 6.45) is -0.0426. The zero-order valence-corrected chi connectivity index (χ0v) is 12.3. The SMILES string of the molecule is CCOc1ccc(N2CC(CNC(=O)OC)CC2=O)cc1. The molecular formula is C15H20N2O4. The van der Waals surface area contributed by atoms with E-state index in [2.05, 4.69) is 10.1 Å². The van der Waals surface area contributed by atoms with Gasteiger partial charge in [0.2, 0.25) is 5.91 Å². The third-order valence-electron chi connectivity index (χ3n) is 3.38. The highest BCUT2D eigenvalue weighted by Crippen LogP contribution is 2.26. The predicted octanol–water partition coefficient (Wildman–Crippen LogP) is 1.79. The number of benzene rings is 1. The molecule has 1 aliphatic heterocycles. The summed E-state index contributed by atoms with van der Waals surface area (Å²) < 4.78 is 9.91. The summed E-state index contributed by atoms with van der Waals surface area (Å²) in [6.45, 7) is 3.57. The Balaban J connectivity index is 1.94. The molecule has 21 heavy (non-hydrogen) atoms. The number of nitrogens with zero attached hydrogens (tertiary/aromatic N) is 1. The lowest BCUT2D eigenvalue weighted by molar-refractivity contribution is -0.117. The van der Waals surface area contributed by atoms with Crippen LogP contribution in [-0.2, 0) is 9.53 Å². The van der Waals surface area contributed by atoms with Gasteiger partial charge in [-0.15, -0.1) is 0 Å². The Hall–Kier alpha value is -2.24. The van der Waals surface area contributed by atoms with Crippen LogP contribution in [0.15, 0.2) is 24.3 Å². The molecule has 0 bridgehead atoms. The number of ether oxygens (including phenoxy) is 2. The Morgan fingerprint density at radius 3 is 2.71 bits per heavy atom. The summed E-state index contributed by atoms with van der Waals surface area (Å²) in [5.41, 5.74) is 0.851. The average Bonchev–Trinajstić information content (AvgIpc) is 2.87. The largest absolute Gasteiger partial charge is 0.494 e. The molecule has 114 valence electrons. The van der Waals surface area contributed by atoms with Crippen molar-refractivity contribution < 1.29 is 19.1 Å². The number of carbonyl (C=O) groups is 2. The van der Waals surface area contributed by atoms with E-state index in [1.807, 2.05) is 31.2 Å². The molecule has 0 aliphatic carbocycles. The Bertz CT molecular complexity index is 501. The maximum Gasteiger partial charge on any atom is 0.406 e. The first-order valence-corrected chi connectivity index (χ1v) is 6.99. The highest BCUT2D eigenvalue weighted by atomic mass is 16.5. The maximum atomic E-state index is 12.1. The Morgan fingerprint density at radius 1 is 1.38 bits per heavy atom. The van der Waals surface area contributed by atoms with Crippen molar-refractivity contribution in [2.45, 2.75) is 13.3 Å². The first-order chi connectivity index (χ1) is 10.1. The normalized spacial score (nSPS) is 17.7. The van der Waals surface area contributed by atoms with Crippen LogP contribution in [0.1, 0.15) is 13.3 Å². The van der Waals surface area contributed by atoms with Gasteiger partial charge in [0.1, 0.15) is 5.75 Å². The third kappa shape index (κ3) is 3.87. The molecule has 2 amide bonds. The van der Waals surface area contributed by atoms with Crippen molar-refractivity contribution in [3.63, 3.8) is 0 Å². The number of carbonyl (C=O) groups excluding carboxylic acids is 2. The van der Waals surface area contributed by atoms with Crippen molar-refractivity contribution in [1.82, 2.24) is 5.32 Å². The molecule has 6 heteroatoms. The second kappa shape index (κ2) is 6.97. The molecule has 1 aromatic rings. The average molecular weight is 292 g/mol. The monoisotopic (exact) mass is 292 g/mol. The summed E-state index contributed by atoms with van der Waals surface area (Å²) in [6, 6.07) is 7.45. The van der Waals surface area contributed by atoms with Gasteiger partial charge in [0, 0.05) is 31.1 Å². The molecular weight excluding hydrogens is 272 g/mol. The lowest BCUT2D eigenvalue weighted by Gasteiger charge is -2.17. The summed E-state index contributed by atoms with van der Waals surface area (Å²) in [5.74, 6) is 0.954. The Labute approximate surface area is 124 Å². The van der Waals surface area contributed by atoms with Crippen LogP contribution >= 0.6 is 0 Å². The van der Waals surface area contributed by atoms with Gasteiger partial charge >= 0.3 is 6.09 Å². The van der Waals surface area contributed by atoms with E-state index in [4.69, 9.17) is 4.74 Å². The van der Waals surface area contributed by atoms with Crippen LogP contribution in [0.2, 0.25) is 0 Å². The molecule has 1 aromatic carbocycles. The van der Waals surface area contributed by atoms with Gasteiger partial charge in [-0.2, -0.15) is 0 Å². The van der Waals surface area contributed by atoms with E-state index < -0.39 is 6.09 Å². The summed E-state index contributed by atoms with van der Waals surface area (Å²) in [4.78, 5) is 24.9. The molecule has 0 spiro atoms. The molecule has 0 radical (unpaired) electrons. The van der Waals surface area contributed by atoms with Gasteiger partial charge in [-0.1, -0.05) is 0 Å². The standard InChI is InChI=1S/C15H20N2O4/c1-3-21-13-6-4-12(5-7-13)17-10-11(8-14(17)18)9-16-15(19)20-2/h4-7,11H,3,8-10H2,1-2H3,(H,16,19). The van der Waals surface area contributed by atoms with Gasteiger partial charge in [-0.25, -0.2) is 4.79 Å². The van der Waals surface area contributed by atoms with Crippen LogP contribution in [0.4, 0.5) is 10.5 Å². The first-order valence-electron chi connectivity index (χ1n) is 6.99. The van der Waals surface area contributed by atoms with Crippen molar-refractivity contribution in [3.8, 4) is 5.75 Å². The topological polar surface area (TPSA) is 67.9 Å². The van der Waals surface area contributed by atoms with Gasteiger partial charge in [0.05, 0.1) is 13.7 Å². The summed E-state index contributed by atoms with van der Waals surface area (Å²) in [7, 11) is 1.32. The van der Waals surface area contributed by atoms with E-state index in [0.29, 0.717) is 26.1 Å². The number of hydrogen-bond donors (Lipinski definition) is 1. The number of anilines is 1. The number of hydrogen-bond acceptors (Lipinski definition) is 4. The summed E-state index contributed by atoms with van der Waals surface area (Å²) in [5, 5.41) is 2.63. The highest BCUT2D eigenvalue weighted by Gasteiger charge is 2.30. The van der Waals surface area contributed by atoms with E-state index in [-0.39, 0.29) is 11.8 Å². The van der Waals surface area contributed by atoms with E-state index in [9.17, 15) is 9.59 Å². The second-order valence-corrected chi connectivity index (χ2v) is 4.87. The highest BCUT2D eigenvalue weighted by molar-refractivity contribution is 5.95. The lowest BCUT2D eigenvalue weighted by Crippen LogP contribution is -2.31. The first kappa shape index (κ1) is 15.2. The quantitative estimate of drug-likeness (QED) is 0.898. The van der Waals surface area contributed by atoms with E-state index in [1.165, 1.54) is 7.11 Å². The molecule has 1 atom stereocenters. The zero-order valence-electron chi connectivity index (χ0n) is 12.3. The third-order valence-corrected chi connectivity index (χ3v) is 3.38. The van der Waals surface area contributed by atoms with Crippen LogP contribution < -0.4 is 15.0 Å². The lowest BCUT2D eigenvalue weighted by atomic mass is 10.1. The minimum absolute atomic E-state index is 0.0656. The van der Waals surface area contributed by atoms with Crippen molar-refractivity contribution in [2.24, 2.45) is 5.92 Å².